The lowest BCUT2D eigenvalue weighted by molar-refractivity contribution is 0.0940. The van der Waals surface area contributed by atoms with Gasteiger partial charge in [-0.05, 0) is 13.0 Å². The second-order valence-electron chi connectivity index (χ2n) is 3.65. The fourth-order valence-corrected chi connectivity index (χ4v) is 2.06. The Morgan fingerprint density at radius 3 is 3.00 bits per heavy atom. The second kappa shape index (κ2) is 5.09. The number of carbonyl (C=O) groups excluding carboxylic acids is 1. The molecule has 0 radical (unpaired) electrons. The number of nitrogens with one attached hydrogen (secondary N) is 1. The van der Waals surface area contributed by atoms with Crippen molar-refractivity contribution in [3.63, 3.8) is 0 Å². The molecule has 1 amide bonds. The molecule has 0 saturated heterocycles. The topological polar surface area (TPSA) is 80.9 Å². The zero-order valence-corrected chi connectivity index (χ0v) is 10.4. The van der Waals surface area contributed by atoms with E-state index in [0.717, 1.165) is 17.3 Å². The molecule has 2 aromatic heterocycles. The quantitative estimate of drug-likeness (QED) is 0.886. The van der Waals surface area contributed by atoms with E-state index in [-0.39, 0.29) is 17.4 Å². The largest absolute Gasteiger partial charge is 0.383 e. The van der Waals surface area contributed by atoms with Gasteiger partial charge in [0.05, 0.1) is 17.8 Å². The van der Waals surface area contributed by atoms with Crippen LogP contribution in [-0.4, -0.2) is 15.9 Å². The van der Waals surface area contributed by atoms with Crippen LogP contribution in [0.1, 0.15) is 28.3 Å². The average molecular weight is 266 g/mol. The summed E-state index contributed by atoms with van der Waals surface area (Å²) in [5, 5.41) is 5.27. The van der Waals surface area contributed by atoms with Crippen molar-refractivity contribution in [2.24, 2.45) is 0 Å². The van der Waals surface area contributed by atoms with Crippen molar-refractivity contribution in [3.05, 3.63) is 40.2 Å². The zero-order valence-electron chi connectivity index (χ0n) is 9.55. The summed E-state index contributed by atoms with van der Waals surface area (Å²) >= 11 is 1.43. The molecule has 1 atom stereocenters. The summed E-state index contributed by atoms with van der Waals surface area (Å²) < 4.78 is 13.0. The van der Waals surface area contributed by atoms with E-state index in [1.807, 2.05) is 5.38 Å². The van der Waals surface area contributed by atoms with Gasteiger partial charge in [-0.1, -0.05) is 0 Å². The lowest BCUT2D eigenvalue weighted by Gasteiger charge is -2.12. The summed E-state index contributed by atoms with van der Waals surface area (Å²) in [5.41, 5.74) is 5.56. The van der Waals surface area contributed by atoms with Crippen LogP contribution < -0.4 is 11.1 Å². The molecule has 0 saturated carbocycles. The van der Waals surface area contributed by atoms with Crippen LogP contribution in [0.2, 0.25) is 0 Å². The molecule has 18 heavy (non-hydrogen) atoms. The molecule has 2 rings (SSSR count). The molecule has 2 aromatic rings. The molecule has 1 unspecified atom stereocenters. The van der Waals surface area contributed by atoms with Crippen molar-refractivity contribution in [2.45, 2.75) is 13.0 Å². The molecule has 2 heterocycles. The van der Waals surface area contributed by atoms with Gasteiger partial charge in [0.2, 0.25) is 0 Å². The molecule has 7 heteroatoms. The molecule has 0 aliphatic rings. The van der Waals surface area contributed by atoms with E-state index in [2.05, 4.69) is 15.3 Å². The van der Waals surface area contributed by atoms with Gasteiger partial charge in [0.1, 0.15) is 16.6 Å². The van der Waals surface area contributed by atoms with Crippen LogP contribution in [0.15, 0.2) is 23.8 Å². The van der Waals surface area contributed by atoms with Crippen molar-refractivity contribution in [1.82, 2.24) is 15.3 Å². The standard InChI is InChI=1S/C11H11FN4OS/c1-6(11-14-2-3-18-11)16-10(17)8-4-7(12)5-15-9(8)13/h2-6H,1H3,(H2,13,15)(H,16,17). The monoisotopic (exact) mass is 266 g/mol. The number of thiazole rings is 1. The first-order valence-corrected chi connectivity index (χ1v) is 6.07. The first-order valence-electron chi connectivity index (χ1n) is 5.19. The highest BCUT2D eigenvalue weighted by molar-refractivity contribution is 7.09. The Hall–Kier alpha value is -2.02. The minimum atomic E-state index is -0.601. The van der Waals surface area contributed by atoms with Crippen LogP contribution >= 0.6 is 11.3 Å². The highest BCUT2D eigenvalue weighted by atomic mass is 32.1. The summed E-state index contributed by atoms with van der Waals surface area (Å²) in [6.07, 6.45) is 2.62. The second-order valence-corrected chi connectivity index (χ2v) is 4.58. The molecule has 94 valence electrons. The summed E-state index contributed by atoms with van der Waals surface area (Å²) in [7, 11) is 0. The molecular weight excluding hydrogens is 255 g/mol. The maximum atomic E-state index is 13.0. The summed E-state index contributed by atoms with van der Waals surface area (Å²) in [4.78, 5) is 19.6. The number of nitrogens with zero attached hydrogens (tertiary/aromatic N) is 2. The predicted octanol–water partition coefficient (Wildman–Crippen LogP) is 1.75. The van der Waals surface area contributed by atoms with E-state index in [0.29, 0.717) is 0 Å². The third-order valence-corrected chi connectivity index (χ3v) is 3.26. The predicted molar refractivity (Wildman–Crippen MR) is 66.6 cm³/mol. The number of carbonyl (C=O) groups is 1. The number of hydrogen-bond acceptors (Lipinski definition) is 5. The summed E-state index contributed by atoms with van der Waals surface area (Å²) in [6, 6.07) is 0.798. The van der Waals surface area contributed by atoms with Gasteiger partial charge in [0.25, 0.3) is 5.91 Å². The molecule has 0 aromatic carbocycles. The van der Waals surface area contributed by atoms with Crippen LogP contribution in [0.3, 0.4) is 0 Å². The van der Waals surface area contributed by atoms with Gasteiger partial charge in [-0.3, -0.25) is 4.79 Å². The van der Waals surface area contributed by atoms with Crippen molar-refractivity contribution in [2.75, 3.05) is 5.73 Å². The van der Waals surface area contributed by atoms with Crippen LogP contribution in [0.4, 0.5) is 10.2 Å². The van der Waals surface area contributed by atoms with Gasteiger partial charge < -0.3 is 11.1 Å². The normalized spacial score (nSPS) is 12.1. The Labute approximate surface area is 107 Å². The van der Waals surface area contributed by atoms with Crippen LogP contribution in [0.5, 0.6) is 0 Å². The number of halogens is 1. The number of anilines is 1. The van der Waals surface area contributed by atoms with Gasteiger partial charge in [-0.2, -0.15) is 0 Å². The highest BCUT2D eigenvalue weighted by Gasteiger charge is 2.16. The molecule has 0 aliphatic heterocycles. The minimum absolute atomic E-state index is 0.000221. The molecule has 0 fully saturated rings. The minimum Gasteiger partial charge on any atom is -0.383 e. The number of amides is 1. The van der Waals surface area contributed by atoms with Crippen LogP contribution in [-0.2, 0) is 0 Å². The van der Waals surface area contributed by atoms with Gasteiger partial charge in [0.15, 0.2) is 0 Å². The van der Waals surface area contributed by atoms with Crippen molar-refractivity contribution < 1.29 is 9.18 Å². The molecular formula is C11H11FN4OS. The third-order valence-electron chi connectivity index (χ3n) is 2.30. The number of aromatic nitrogens is 2. The molecule has 0 spiro atoms. The highest BCUT2D eigenvalue weighted by Crippen LogP contribution is 2.17. The van der Waals surface area contributed by atoms with Crippen LogP contribution in [0.25, 0.3) is 0 Å². The fourth-order valence-electron chi connectivity index (χ4n) is 1.42. The molecule has 3 N–H and O–H groups in total. The van der Waals surface area contributed by atoms with E-state index < -0.39 is 11.7 Å². The smallest absolute Gasteiger partial charge is 0.255 e. The van der Waals surface area contributed by atoms with Gasteiger partial charge in [-0.25, -0.2) is 14.4 Å². The SMILES string of the molecule is CC(NC(=O)c1cc(F)cnc1N)c1nccs1. The van der Waals surface area contributed by atoms with E-state index >= 15 is 0 Å². The fraction of sp³-hybridized carbons (Fsp3) is 0.182. The first kappa shape index (κ1) is 12.4. The van der Waals surface area contributed by atoms with Gasteiger partial charge >= 0.3 is 0 Å². The number of nitrogens with two attached hydrogens (primary N) is 1. The lowest BCUT2D eigenvalue weighted by atomic mass is 10.2. The van der Waals surface area contributed by atoms with E-state index in [9.17, 15) is 9.18 Å². The number of hydrogen-bond donors (Lipinski definition) is 2. The van der Waals surface area contributed by atoms with E-state index in [1.54, 1.807) is 13.1 Å². The Kier molecular flexibility index (Phi) is 3.52. The summed E-state index contributed by atoms with van der Waals surface area (Å²) in [5.74, 6) is -1.07. The molecule has 0 aliphatic carbocycles. The van der Waals surface area contributed by atoms with Crippen molar-refractivity contribution >= 4 is 23.1 Å². The maximum Gasteiger partial charge on any atom is 0.255 e. The molecule has 5 nitrogen and oxygen atoms in total. The zero-order chi connectivity index (χ0) is 13.1. The Balaban J connectivity index is 2.15. The Bertz CT molecular complexity index is 558. The number of rotatable bonds is 3. The number of pyridine rings is 1. The lowest BCUT2D eigenvalue weighted by Crippen LogP contribution is -2.27. The van der Waals surface area contributed by atoms with Crippen molar-refractivity contribution in [1.29, 1.82) is 0 Å². The Morgan fingerprint density at radius 2 is 2.33 bits per heavy atom. The first-order chi connectivity index (χ1) is 8.58. The van der Waals surface area contributed by atoms with Gasteiger partial charge in [0, 0.05) is 11.6 Å². The third kappa shape index (κ3) is 2.62. The van der Waals surface area contributed by atoms with E-state index in [1.165, 1.54) is 11.3 Å². The van der Waals surface area contributed by atoms with Crippen LogP contribution in [0, 0.1) is 5.82 Å². The summed E-state index contributed by atoms with van der Waals surface area (Å²) in [6.45, 7) is 1.79. The van der Waals surface area contributed by atoms with E-state index in [4.69, 9.17) is 5.73 Å². The average Bonchev–Trinajstić information content (AvgIpc) is 2.85. The maximum absolute atomic E-state index is 13.0. The van der Waals surface area contributed by atoms with Gasteiger partial charge in [-0.15, -0.1) is 11.3 Å². The Morgan fingerprint density at radius 1 is 1.56 bits per heavy atom. The van der Waals surface area contributed by atoms with Crippen molar-refractivity contribution in [3.8, 4) is 0 Å². The number of nitrogen functional groups attached to an aromatic ring is 1. The molecule has 0 bridgehead atoms.